The van der Waals surface area contributed by atoms with E-state index in [1.807, 2.05) is 48.5 Å². The number of carbonyl (C=O) groups excluding carboxylic acids is 1. The zero-order chi connectivity index (χ0) is 90.8. The quantitative estimate of drug-likeness (QED) is 0.0115. The molecular weight excluding hydrogens is 2810 g/mol. The van der Waals surface area contributed by atoms with Gasteiger partial charge < -0.3 is 19.7 Å². The van der Waals surface area contributed by atoms with E-state index in [-0.39, 0.29) is 205 Å². The molecule has 708 valence electrons. The van der Waals surface area contributed by atoms with Gasteiger partial charge in [0.15, 0.2) is 0 Å². The van der Waals surface area contributed by atoms with Crippen LogP contribution in [0.1, 0.15) is 186 Å². The largest absolute Gasteiger partial charge is 1.00 e. The van der Waals surface area contributed by atoms with E-state index in [1.54, 1.807) is 47.1 Å². The molecule has 130 heavy (non-hydrogen) atoms. The molecule has 2 atom stereocenters. The van der Waals surface area contributed by atoms with E-state index in [0.29, 0.717) is 11.1 Å². The molecular formula is C94H125Br6F6ILi2N2O8S6Sn5. The summed E-state index contributed by atoms with van der Waals surface area (Å²) >= 11 is 34.2. The van der Waals surface area contributed by atoms with Gasteiger partial charge in [-0.15, -0.1) is 40.8 Å². The molecule has 2 unspecified atom stereocenters. The summed E-state index contributed by atoms with van der Waals surface area (Å²) in [6.07, 6.45) is 9.72. The molecule has 10 radical (unpaired) electrons. The standard InChI is InChI=1S/C16H25BrS3.C16H25S3.C12H16BrNO.C12H16NO.C7H5IO2.2C7H5O2.C6H4Br2.C6H4Br.5CH3.BrH.6FH.2Li.5Sn/c1-4-11-18-16(19-12-5-2,20-13-6-3)14-7-9-15(17)10-8-14;1-4-12-17-16(18-13-5-2,19-14-6-3)15-10-8-7-9-11-15;1-12(2)7-8-15-11(14-12)9-3-5-10(13)6-4-9;1-12(2)8-9-14-11(13-12)10-6-4-3-5-7-10;8-6-3-1-5(2-4-6)7(9)10;2*8-7(9)6-4-2-1-3-5-6;7-5-1-2-6(8)4-3-5;7-6-4-2-1-3-5-6;;;;;;;;;;;;;;;;;;;/h7-10H,4-6,11-13H2,1-3H3;8-11H,4-6,12-14H2,1-3H3;3-6,11,14H,7-8H2,1-2H3;4-7,11,13H,8-9H2,1-2H3;1-4H,(H,9,10);2*2-5H,(H,8,9);1-4H;2-5H;5*1H3;7*1H;;;;;;;/q;;;;;;-1;;;;;;;;;;;;;;;2*+1;;;;;+1/p-2. The van der Waals surface area contributed by atoms with Crippen LogP contribution in [-0.4, -0.2) is 190 Å². The number of rotatable bonds is 29. The van der Waals surface area contributed by atoms with Crippen molar-refractivity contribution in [2.24, 2.45) is 0 Å². The van der Waals surface area contributed by atoms with Gasteiger partial charge in [0.1, 0.15) is 9.64 Å². The molecule has 4 N–H and O–H groups in total. The summed E-state index contributed by atoms with van der Waals surface area (Å²) in [5.74, 6) is 4.55. The van der Waals surface area contributed by atoms with Gasteiger partial charge in [-0.2, -0.15) is 30.3 Å². The second-order valence-electron chi connectivity index (χ2n) is 27.9. The molecule has 10 nitrogen and oxygen atoms in total. The molecule has 2 fully saturated rings. The molecule has 0 aliphatic carbocycles. The molecule has 2 heterocycles. The minimum absolute atomic E-state index is 0. The average Bonchev–Trinajstić information content (AvgIpc) is 0.817. The first-order chi connectivity index (χ1) is 58.3. The van der Waals surface area contributed by atoms with Crippen LogP contribution in [0, 0.1) is 9.64 Å². The number of hydrogen-bond donors (Lipinski definition) is 4. The normalized spacial score (nSPS) is 13.1. The number of thioether (sulfide) groups is 6. The van der Waals surface area contributed by atoms with Crippen molar-refractivity contribution < 1.29 is 105 Å². The zero-order valence-electron chi connectivity index (χ0n) is 77.1. The summed E-state index contributed by atoms with van der Waals surface area (Å²) in [5.41, 5.74) is 6.66. The monoisotopic (exact) mass is 2930 g/mol. The summed E-state index contributed by atoms with van der Waals surface area (Å²) in [5, 5.41) is 34.1. The van der Waals surface area contributed by atoms with Gasteiger partial charge in [0.25, 0.3) is 0 Å². The molecule has 2 saturated heterocycles. The first-order valence-electron chi connectivity index (χ1n) is 40.3. The van der Waals surface area contributed by atoms with Crippen molar-refractivity contribution in [1.29, 1.82) is 0 Å². The second-order valence-corrected chi connectivity index (χ2v) is 61.9. The average molecular weight is 2930 g/mol. The Kier molecular flexibility index (Phi) is 96.0. The smallest absolute Gasteiger partial charge is 1.00 e. The number of hydrogen-bond acceptors (Lipinski definition) is 14. The van der Waals surface area contributed by atoms with Gasteiger partial charge in [0, 0.05) is 33.0 Å². The van der Waals surface area contributed by atoms with Gasteiger partial charge in [-0.25, -0.2) is 4.79 Å². The van der Waals surface area contributed by atoms with E-state index < -0.39 is 17.9 Å². The van der Waals surface area contributed by atoms with Gasteiger partial charge in [-0.05, 0) is 163 Å². The predicted octanol–water partition coefficient (Wildman–Crippen LogP) is 21.3. The van der Waals surface area contributed by atoms with Crippen molar-refractivity contribution in [3.8, 4) is 0 Å². The number of nitrogens with one attached hydrogen (secondary N) is 2. The Morgan fingerprint density at radius 1 is 0.408 bits per heavy atom. The minimum Gasteiger partial charge on any atom is 1.00 e. The summed E-state index contributed by atoms with van der Waals surface area (Å²) in [6.45, 7) is 24.2. The topological polar surface area (TPSA) is 157 Å². The minimum atomic E-state index is -1.15. The zero-order valence-corrected chi connectivity index (χ0v) is 108. The Hall–Kier alpha value is 1.71. The fourth-order valence-corrected chi connectivity index (χ4v) is 27.3. The van der Waals surface area contributed by atoms with Crippen LogP contribution in [0.5, 0.6) is 0 Å². The van der Waals surface area contributed by atoms with Crippen LogP contribution in [0.25, 0.3) is 0 Å². The van der Waals surface area contributed by atoms with Crippen molar-refractivity contribution in [1.82, 2.24) is 10.6 Å². The van der Waals surface area contributed by atoms with E-state index >= 15 is 0 Å². The maximum atomic E-state index is 10.4. The molecule has 0 spiro atoms. The third-order valence-electron chi connectivity index (χ3n) is 16.8. The first-order valence-corrected chi connectivity index (χ1v) is 77.7. The number of aromatic carboxylic acids is 3. The van der Waals surface area contributed by atoms with Crippen molar-refractivity contribution in [3.63, 3.8) is 0 Å². The summed E-state index contributed by atoms with van der Waals surface area (Å²) in [7, 11) is 0. The number of carboxylic acid groups (broad SMARTS) is 3. The first kappa shape index (κ1) is 145. The van der Waals surface area contributed by atoms with E-state index in [1.165, 1.54) is 128 Å². The molecule has 9 aromatic carbocycles. The fourth-order valence-electron chi connectivity index (χ4n) is 10.2. The molecule has 9 aromatic rings. The van der Waals surface area contributed by atoms with Crippen molar-refractivity contribution >= 4 is 321 Å². The van der Waals surface area contributed by atoms with Crippen LogP contribution in [-0.2, 0) is 16.3 Å². The number of ether oxygens (including phenoxy) is 2. The predicted molar refractivity (Wildman–Crippen MR) is 588 cm³/mol. The van der Waals surface area contributed by atoms with Gasteiger partial charge in [0.05, 0.1) is 12.2 Å². The van der Waals surface area contributed by atoms with Crippen LogP contribution >= 0.6 is 186 Å². The van der Waals surface area contributed by atoms with Gasteiger partial charge in [-0.1, -0.05) is 109 Å². The summed E-state index contributed by atoms with van der Waals surface area (Å²) in [6, 6.07) is 74.8. The third kappa shape index (κ3) is 63.7. The maximum absolute atomic E-state index is 10.4. The SMILES string of the molecule is Brc1ccc(Br)cc1.CC1(C)CCOC(c2ccc(Br)cc2)N1.CCCSC(SCCC)(SCCC)c1cc[c]([Sn][CH3])cc1.CCCSC(SCCC)(SCCC)c1ccc(Br)cc1.F.F.F.F.F.F.O=C(O)c1ccc(I)cc1.O=C([O-])c1cc[c-]cc1.[CH3][Sn][Br].[CH3][Sn][c]1ccc(Br)cc1.[CH3][Sn][c]1ccc(C(=O)O)cc1.[CH3][Sn][c]1ccc(C2NC(C)(C)CCO2)cc1.[Li+].[Li+]. The fraction of sp³-hybridized carbons (Fsp3) is 0.394. The molecule has 0 amide bonds. The number of halogens is 13. The number of benzene rings is 9. The Morgan fingerprint density at radius 3 is 0.877 bits per heavy atom. The van der Waals surface area contributed by atoms with E-state index in [2.05, 4.69) is 405 Å². The third-order valence-corrected chi connectivity index (χ3v) is 42.2. The van der Waals surface area contributed by atoms with Crippen LogP contribution in [0.3, 0.4) is 0 Å². The van der Waals surface area contributed by atoms with Gasteiger partial charge in [-0.3, -0.25) is 33.5 Å². The van der Waals surface area contributed by atoms with Gasteiger partial charge in [0.2, 0.25) is 0 Å². The molecule has 11 rings (SSSR count). The molecule has 2 aliphatic rings. The number of carbonyl (C=O) groups is 3. The Labute approximate surface area is 935 Å². The molecule has 36 heteroatoms. The van der Waals surface area contributed by atoms with Crippen LogP contribution in [0.2, 0.25) is 24.7 Å². The van der Waals surface area contributed by atoms with Crippen LogP contribution < -0.4 is 67.8 Å². The Balaban J connectivity index is -0.000000263. The molecule has 0 bridgehead atoms. The summed E-state index contributed by atoms with van der Waals surface area (Å²) in [4.78, 5) is 42.3. The van der Waals surface area contributed by atoms with E-state index in [4.69, 9.17) is 19.7 Å². The Morgan fingerprint density at radius 2 is 0.631 bits per heavy atom. The summed E-state index contributed by atoms with van der Waals surface area (Å²) < 4.78 is 24.6. The van der Waals surface area contributed by atoms with E-state index in [9.17, 15) is 19.5 Å². The van der Waals surface area contributed by atoms with Gasteiger partial charge >= 0.3 is 494 Å². The van der Waals surface area contributed by atoms with Crippen molar-refractivity contribution in [2.75, 3.05) is 47.7 Å². The maximum Gasteiger partial charge on any atom is 1.00 e. The molecule has 0 saturated carbocycles. The molecule has 0 aromatic heterocycles. The van der Waals surface area contributed by atoms with E-state index in [0.717, 1.165) is 47.5 Å². The Bertz CT molecular complexity index is 4220. The van der Waals surface area contributed by atoms with Crippen molar-refractivity contribution in [2.45, 2.75) is 176 Å². The number of carboxylic acids is 3. The second kappa shape index (κ2) is 86.2. The van der Waals surface area contributed by atoms with Crippen LogP contribution in [0.4, 0.5) is 28.2 Å². The molecule has 2 aliphatic heterocycles. The van der Waals surface area contributed by atoms with Crippen molar-refractivity contribution in [3.05, 3.63) is 289 Å². The van der Waals surface area contributed by atoms with Crippen LogP contribution in [0.15, 0.2) is 241 Å².